The molecule has 0 saturated heterocycles. The fourth-order valence-corrected chi connectivity index (χ4v) is 2.44. The first-order valence-corrected chi connectivity index (χ1v) is 7.59. The van der Waals surface area contributed by atoms with E-state index >= 15 is 0 Å². The smallest absolute Gasteiger partial charge is 0.224 e. The number of carbonyl (C=O) groups excluding carboxylic acids is 1. The van der Waals surface area contributed by atoms with E-state index in [2.05, 4.69) is 36.5 Å². The van der Waals surface area contributed by atoms with E-state index in [-0.39, 0.29) is 11.9 Å². The predicted molar refractivity (Wildman–Crippen MR) is 87.5 cm³/mol. The van der Waals surface area contributed by atoms with Gasteiger partial charge in [-0.2, -0.15) is 0 Å². The van der Waals surface area contributed by atoms with Crippen molar-refractivity contribution < 1.29 is 4.79 Å². The topological polar surface area (TPSA) is 29.1 Å². The van der Waals surface area contributed by atoms with E-state index in [4.69, 9.17) is 11.6 Å². The maximum Gasteiger partial charge on any atom is 0.224 e. The minimum atomic E-state index is -0.0184. The van der Waals surface area contributed by atoms with Gasteiger partial charge in [-0.15, -0.1) is 0 Å². The molecule has 21 heavy (non-hydrogen) atoms. The van der Waals surface area contributed by atoms with E-state index in [0.717, 1.165) is 17.5 Å². The lowest BCUT2D eigenvalue weighted by Gasteiger charge is -2.15. The molecule has 0 radical (unpaired) electrons. The molecular formula is C18H20ClNO. The van der Waals surface area contributed by atoms with Gasteiger partial charge in [0.2, 0.25) is 5.91 Å². The molecule has 0 aliphatic heterocycles. The number of aryl methyl sites for hydroxylation is 1. The molecule has 0 aliphatic carbocycles. The summed E-state index contributed by atoms with van der Waals surface area (Å²) in [5, 5.41) is 3.64. The highest BCUT2D eigenvalue weighted by Crippen LogP contribution is 2.17. The molecule has 2 nitrogen and oxygen atoms in total. The van der Waals surface area contributed by atoms with Crippen molar-refractivity contribution in [2.45, 2.75) is 32.7 Å². The van der Waals surface area contributed by atoms with Gasteiger partial charge >= 0.3 is 0 Å². The molecule has 0 heterocycles. The lowest BCUT2D eigenvalue weighted by atomic mass is 10.0. The Kier molecular flexibility index (Phi) is 5.40. The van der Waals surface area contributed by atoms with Crippen LogP contribution < -0.4 is 5.32 Å². The lowest BCUT2D eigenvalue weighted by Crippen LogP contribution is -2.28. The molecule has 0 aromatic heterocycles. The number of hydrogen-bond donors (Lipinski definition) is 1. The van der Waals surface area contributed by atoms with Crippen LogP contribution in [0.25, 0.3) is 0 Å². The summed E-state index contributed by atoms with van der Waals surface area (Å²) in [7, 11) is 0. The van der Waals surface area contributed by atoms with Gasteiger partial charge in [-0.1, -0.05) is 61.0 Å². The van der Waals surface area contributed by atoms with E-state index in [1.54, 1.807) is 6.07 Å². The summed E-state index contributed by atoms with van der Waals surface area (Å²) in [6, 6.07) is 15.8. The van der Waals surface area contributed by atoms with Crippen LogP contribution in [0.3, 0.4) is 0 Å². The number of rotatable bonds is 5. The van der Waals surface area contributed by atoms with Gasteiger partial charge in [-0.3, -0.25) is 4.79 Å². The molecule has 110 valence electrons. The summed E-state index contributed by atoms with van der Waals surface area (Å²) in [5.74, 6) is -0.0184. The van der Waals surface area contributed by atoms with E-state index in [9.17, 15) is 4.79 Å². The molecule has 1 amide bonds. The molecule has 1 N–H and O–H groups in total. The predicted octanol–water partition coefficient (Wildman–Crippen LogP) is 4.32. The summed E-state index contributed by atoms with van der Waals surface area (Å²) in [5.41, 5.74) is 3.26. The van der Waals surface area contributed by atoms with Crippen molar-refractivity contribution in [3.8, 4) is 0 Å². The Balaban J connectivity index is 1.97. The molecule has 0 bridgehead atoms. The minimum Gasteiger partial charge on any atom is -0.349 e. The first-order chi connectivity index (χ1) is 10.1. The van der Waals surface area contributed by atoms with Crippen LogP contribution in [0.1, 0.15) is 36.6 Å². The number of amides is 1. The van der Waals surface area contributed by atoms with Gasteiger partial charge in [0.15, 0.2) is 0 Å². The van der Waals surface area contributed by atoms with Gasteiger partial charge in [0.1, 0.15) is 0 Å². The standard InChI is InChI=1S/C18H20ClNO/c1-3-14-8-10-15(11-9-14)13(2)20-18(21)12-16-6-4-5-7-17(16)19/h4-11,13H,3,12H2,1-2H3,(H,20,21). The Bertz CT molecular complexity index is 607. The maximum absolute atomic E-state index is 12.1. The second kappa shape index (κ2) is 7.28. The molecule has 1 atom stereocenters. The van der Waals surface area contributed by atoms with Gasteiger partial charge < -0.3 is 5.32 Å². The Hall–Kier alpha value is -1.80. The summed E-state index contributed by atoms with van der Waals surface area (Å²) < 4.78 is 0. The lowest BCUT2D eigenvalue weighted by molar-refractivity contribution is -0.121. The summed E-state index contributed by atoms with van der Waals surface area (Å²) in [4.78, 5) is 12.1. The summed E-state index contributed by atoms with van der Waals surface area (Å²) in [6.45, 7) is 4.12. The molecule has 0 fully saturated rings. The molecule has 2 aromatic rings. The van der Waals surface area contributed by atoms with E-state index in [0.29, 0.717) is 11.4 Å². The second-order valence-electron chi connectivity index (χ2n) is 5.15. The minimum absolute atomic E-state index is 0.00843. The Morgan fingerprint density at radius 3 is 2.43 bits per heavy atom. The van der Waals surface area contributed by atoms with Crippen LogP contribution in [0.15, 0.2) is 48.5 Å². The van der Waals surface area contributed by atoms with Gasteiger partial charge in [0.25, 0.3) is 0 Å². The van der Waals surface area contributed by atoms with Crippen molar-refractivity contribution in [3.05, 3.63) is 70.2 Å². The normalized spacial score (nSPS) is 12.0. The highest BCUT2D eigenvalue weighted by molar-refractivity contribution is 6.31. The zero-order valence-corrected chi connectivity index (χ0v) is 13.2. The maximum atomic E-state index is 12.1. The number of nitrogens with one attached hydrogen (secondary N) is 1. The van der Waals surface area contributed by atoms with Crippen LogP contribution in [0.5, 0.6) is 0 Å². The fourth-order valence-electron chi connectivity index (χ4n) is 2.23. The van der Waals surface area contributed by atoms with Crippen molar-refractivity contribution in [2.75, 3.05) is 0 Å². The Morgan fingerprint density at radius 1 is 1.14 bits per heavy atom. The molecule has 2 aromatic carbocycles. The molecule has 1 unspecified atom stereocenters. The average Bonchev–Trinajstić information content (AvgIpc) is 2.49. The van der Waals surface area contributed by atoms with E-state index in [1.807, 2.05) is 25.1 Å². The van der Waals surface area contributed by atoms with Gasteiger partial charge in [-0.05, 0) is 36.1 Å². The fraction of sp³-hybridized carbons (Fsp3) is 0.278. The molecule has 0 aliphatic rings. The largest absolute Gasteiger partial charge is 0.349 e. The zero-order valence-electron chi connectivity index (χ0n) is 12.4. The molecule has 0 spiro atoms. The van der Waals surface area contributed by atoms with E-state index < -0.39 is 0 Å². The monoisotopic (exact) mass is 301 g/mol. The highest BCUT2D eigenvalue weighted by atomic mass is 35.5. The van der Waals surface area contributed by atoms with Crippen LogP contribution in [0.4, 0.5) is 0 Å². The third-order valence-corrected chi connectivity index (χ3v) is 3.94. The Morgan fingerprint density at radius 2 is 1.81 bits per heavy atom. The highest BCUT2D eigenvalue weighted by Gasteiger charge is 2.11. The second-order valence-corrected chi connectivity index (χ2v) is 5.56. The van der Waals surface area contributed by atoms with Crippen LogP contribution in [0.2, 0.25) is 5.02 Å². The summed E-state index contributed by atoms with van der Waals surface area (Å²) in [6.07, 6.45) is 1.32. The zero-order chi connectivity index (χ0) is 15.2. The average molecular weight is 302 g/mol. The number of hydrogen-bond acceptors (Lipinski definition) is 1. The Labute approximate surface area is 131 Å². The third kappa shape index (κ3) is 4.33. The quantitative estimate of drug-likeness (QED) is 0.875. The van der Waals surface area contributed by atoms with Crippen molar-refractivity contribution in [3.63, 3.8) is 0 Å². The molecule has 2 rings (SSSR count). The third-order valence-electron chi connectivity index (χ3n) is 3.57. The van der Waals surface area contributed by atoms with Crippen LogP contribution in [0, 0.1) is 0 Å². The van der Waals surface area contributed by atoms with Crippen LogP contribution in [-0.2, 0) is 17.6 Å². The number of benzene rings is 2. The SMILES string of the molecule is CCc1ccc(C(C)NC(=O)Cc2ccccc2Cl)cc1. The van der Waals surface area contributed by atoms with Gasteiger partial charge in [0.05, 0.1) is 12.5 Å². The van der Waals surface area contributed by atoms with Crippen molar-refractivity contribution in [1.82, 2.24) is 5.32 Å². The van der Waals surface area contributed by atoms with Crippen molar-refractivity contribution in [1.29, 1.82) is 0 Å². The first-order valence-electron chi connectivity index (χ1n) is 7.21. The number of halogens is 1. The first kappa shape index (κ1) is 15.6. The number of carbonyl (C=O) groups is 1. The van der Waals surface area contributed by atoms with Crippen molar-refractivity contribution >= 4 is 17.5 Å². The molecule has 0 saturated carbocycles. The molecular weight excluding hydrogens is 282 g/mol. The van der Waals surface area contributed by atoms with Gasteiger partial charge in [-0.25, -0.2) is 0 Å². The van der Waals surface area contributed by atoms with Crippen LogP contribution in [-0.4, -0.2) is 5.91 Å². The molecule has 3 heteroatoms. The van der Waals surface area contributed by atoms with Crippen molar-refractivity contribution in [2.24, 2.45) is 0 Å². The van der Waals surface area contributed by atoms with Crippen LogP contribution >= 0.6 is 11.6 Å². The van der Waals surface area contributed by atoms with Gasteiger partial charge in [0, 0.05) is 5.02 Å². The summed E-state index contributed by atoms with van der Waals surface area (Å²) >= 11 is 6.08. The van der Waals surface area contributed by atoms with E-state index in [1.165, 1.54) is 5.56 Å².